The number of rotatable bonds is 1. The van der Waals surface area contributed by atoms with E-state index in [9.17, 15) is 17.6 Å². The Hall–Kier alpha value is -1.06. The van der Waals surface area contributed by atoms with Crippen LogP contribution in [0.5, 0.6) is 0 Å². The van der Waals surface area contributed by atoms with Gasteiger partial charge in [-0.2, -0.15) is 13.2 Å². The lowest BCUT2D eigenvalue weighted by molar-refractivity contribution is -0.138. The second-order valence-corrected chi connectivity index (χ2v) is 3.86. The average Bonchev–Trinajstić information content (AvgIpc) is 1.98. The van der Waals surface area contributed by atoms with Gasteiger partial charge in [0.2, 0.25) is 0 Å². The highest BCUT2D eigenvalue weighted by Crippen LogP contribution is 2.43. The molecule has 1 aromatic carbocycles. The van der Waals surface area contributed by atoms with E-state index >= 15 is 0 Å². The Morgan fingerprint density at radius 1 is 1.13 bits per heavy atom. The minimum Gasteiger partial charge on any atom is -0.207 e. The maximum Gasteiger partial charge on any atom is 0.416 e. The Bertz CT molecular complexity index is 363. The van der Waals surface area contributed by atoms with Crippen LogP contribution < -0.4 is 0 Å². The van der Waals surface area contributed by atoms with Crippen molar-refractivity contribution in [3.8, 4) is 0 Å². The molecule has 15 heavy (non-hydrogen) atoms. The molecule has 0 saturated heterocycles. The van der Waals surface area contributed by atoms with Gasteiger partial charge in [-0.25, -0.2) is 4.39 Å². The van der Waals surface area contributed by atoms with E-state index in [0.29, 0.717) is 0 Å². The second kappa shape index (κ2) is 3.51. The SMILES string of the molecule is Fc1ccc(C(F)(F)F)c(C2CCC2)c1. The normalized spacial score (nSPS) is 17.6. The molecule has 0 radical (unpaired) electrons. The van der Waals surface area contributed by atoms with Gasteiger partial charge in [0.25, 0.3) is 0 Å². The maximum absolute atomic E-state index is 12.9. The van der Waals surface area contributed by atoms with Crippen molar-refractivity contribution in [3.05, 3.63) is 35.1 Å². The van der Waals surface area contributed by atoms with Crippen LogP contribution in [0.2, 0.25) is 0 Å². The van der Waals surface area contributed by atoms with E-state index in [0.717, 1.165) is 37.5 Å². The highest BCUT2D eigenvalue weighted by atomic mass is 19.4. The first-order valence-corrected chi connectivity index (χ1v) is 4.85. The number of hydrogen-bond donors (Lipinski definition) is 0. The van der Waals surface area contributed by atoms with Crippen LogP contribution in [0.4, 0.5) is 17.6 Å². The lowest BCUT2D eigenvalue weighted by Gasteiger charge is -2.28. The molecule has 4 heteroatoms. The third kappa shape index (κ3) is 1.98. The van der Waals surface area contributed by atoms with Crippen molar-refractivity contribution in [2.24, 2.45) is 0 Å². The number of alkyl halides is 3. The fraction of sp³-hybridized carbons (Fsp3) is 0.455. The average molecular weight is 218 g/mol. The van der Waals surface area contributed by atoms with E-state index in [1.165, 1.54) is 0 Å². The molecule has 2 rings (SSSR count). The summed E-state index contributed by atoms with van der Waals surface area (Å²) < 4.78 is 50.6. The van der Waals surface area contributed by atoms with Gasteiger partial charge in [-0.3, -0.25) is 0 Å². The smallest absolute Gasteiger partial charge is 0.207 e. The molecule has 0 aliphatic heterocycles. The molecule has 1 aromatic rings. The van der Waals surface area contributed by atoms with Gasteiger partial charge >= 0.3 is 6.18 Å². The molecule has 82 valence electrons. The predicted octanol–water partition coefficient (Wildman–Crippen LogP) is 4.11. The van der Waals surface area contributed by atoms with Crippen molar-refractivity contribution >= 4 is 0 Å². The Balaban J connectivity index is 2.44. The van der Waals surface area contributed by atoms with Gasteiger partial charge in [-0.05, 0) is 42.5 Å². The Kier molecular flexibility index (Phi) is 2.44. The van der Waals surface area contributed by atoms with E-state index in [4.69, 9.17) is 0 Å². The zero-order valence-electron chi connectivity index (χ0n) is 7.94. The highest BCUT2D eigenvalue weighted by molar-refractivity contribution is 5.34. The van der Waals surface area contributed by atoms with Gasteiger partial charge in [0.15, 0.2) is 0 Å². The monoisotopic (exact) mass is 218 g/mol. The van der Waals surface area contributed by atoms with Crippen LogP contribution in [0.3, 0.4) is 0 Å². The molecule has 0 nitrogen and oxygen atoms in total. The van der Waals surface area contributed by atoms with Crippen LogP contribution in [0.15, 0.2) is 18.2 Å². The van der Waals surface area contributed by atoms with Crippen molar-refractivity contribution in [2.45, 2.75) is 31.4 Å². The lowest BCUT2D eigenvalue weighted by Crippen LogP contribution is -2.16. The van der Waals surface area contributed by atoms with E-state index in [2.05, 4.69) is 0 Å². The summed E-state index contributed by atoms with van der Waals surface area (Å²) >= 11 is 0. The zero-order chi connectivity index (χ0) is 11.1. The highest BCUT2D eigenvalue weighted by Gasteiger charge is 2.36. The summed E-state index contributed by atoms with van der Waals surface area (Å²) in [4.78, 5) is 0. The molecule has 0 spiro atoms. The van der Waals surface area contributed by atoms with Crippen molar-refractivity contribution < 1.29 is 17.6 Å². The van der Waals surface area contributed by atoms with E-state index < -0.39 is 17.6 Å². The molecular weight excluding hydrogens is 208 g/mol. The van der Waals surface area contributed by atoms with Crippen molar-refractivity contribution in [3.63, 3.8) is 0 Å². The summed E-state index contributed by atoms with van der Waals surface area (Å²) in [7, 11) is 0. The van der Waals surface area contributed by atoms with Gasteiger partial charge in [-0.1, -0.05) is 6.42 Å². The van der Waals surface area contributed by atoms with Gasteiger partial charge < -0.3 is 0 Å². The maximum atomic E-state index is 12.9. The van der Waals surface area contributed by atoms with E-state index in [1.807, 2.05) is 0 Å². The van der Waals surface area contributed by atoms with Crippen LogP contribution in [0.1, 0.15) is 36.3 Å². The van der Waals surface area contributed by atoms with Crippen LogP contribution in [0.25, 0.3) is 0 Å². The molecule has 1 fully saturated rings. The Morgan fingerprint density at radius 3 is 2.27 bits per heavy atom. The van der Waals surface area contributed by atoms with Crippen LogP contribution in [-0.4, -0.2) is 0 Å². The van der Waals surface area contributed by atoms with Crippen molar-refractivity contribution in [1.29, 1.82) is 0 Å². The summed E-state index contributed by atoms with van der Waals surface area (Å²) in [6, 6.07) is 2.72. The third-order valence-corrected chi connectivity index (χ3v) is 2.86. The van der Waals surface area contributed by atoms with Crippen LogP contribution in [-0.2, 0) is 6.18 Å². The molecule has 1 saturated carbocycles. The van der Waals surface area contributed by atoms with Crippen LogP contribution >= 0.6 is 0 Å². The zero-order valence-corrected chi connectivity index (χ0v) is 7.94. The molecule has 1 aliphatic rings. The summed E-state index contributed by atoms with van der Waals surface area (Å²) in [6.07, 6.45) is -1.99. The molecule has 0 aromatic heterocycles. The Morgan fingerprint density at radius 2 is 1.80 bits per heavy atom. The van der Waals surface area contributed by atoms with Gasteiger partial charge in [0.05, 0.1) is 5.56 Å². The summed E-state index contributed by atoms with van der Waals surface area (Å²) in [6.45, 7) is 0. The van der Waals surface area contributed by atoms with Crippen molar-refractivity contribution in [1.82, 2.24) is 0 Å². The van der Waals surface area contributed by atoms with E-state index in [-0.39, 0.29) is 11.5 Å². The molecule has 0 amide bonds. The third-order valence-electron chi connectivity index (χ3n) is 2.86. The fourth-order valence-corrected chi connectivity index (χ4v) is 1.85. The largest absolute Gasteiger partial charge is 0.416 e. The number of halogens is 4. The quantitative estimate of drug-likeness (QED) is 0.622. The van der Waals surface area contributed by atoms with Crippen LogP contribution in [0, 0.1) is 5.82 Å². The number of benzene rings is 1. The first-order chi connectivity index (χ1) is 6.98. The molecular formula is C11H10F4. The standard InChI is InChI=1S/C11H10F4/c12-8-4-5-10(11(13,14)15)9(6-8)7-2-1-3-7/h4-7H,1-3H2. The summed E-state index contributed by atoms with van der Waals surface area (Å²) in [5, 5.41) is 0. The minimum atomic E-state index is -4.38. The van der Waals surface area contributed by atoms with Gasteiger partial charge in [-0.15, -0.1) is 0 Å². The second-order valence-electron chi connectivity index (χ2n) is 3.86. The number of hydrogen-bond acceptors (Lipinski definition) is 0. The molecule has 0 heterocycles. The first-order valence-electron chi connectivity index (χ1n) is 4.85. The predicted molar refractivity (Wildman–Crippen MR) is 48.0 cm³/mol. The topological polar surface area (TPSA) is 0 Å². The van der Waals surface area contributed by atoms with Crippen molar-refractivity contribution in [2.75, 3.05) is 0 Å². The molecule has 0 N–H and O–H groups in total. The lowest BCUT2D eigenvalue weighted by atomic mass is 9.78. The minimum absolute atomic E-state index is 0.114. The summed E-state index contributed by atoms with van der Waals surface area (Å²) in [5.74, 6) is -0.706. The molecule has 1 aliphatic carbocycles. The first kappa shape index (κ1) is 10.5. The molecule has 0 atom stereocenters. The van der Waals surface area contributed by atoms with E-state index in [1.54, 1.807) is 0 Å². The van der Waals surface area contributed by atoms with Gasteiger partial charge in [0, 0.05) is 0 Å². The molecule has 0 bridgehead atoms. The molecule has 0 unspecified atom stereocenters. The Labute approximate surface area is 84.9 Å². The summed E-state index contributed by atoms with van der Waals surface area (Å²) in [5.41, 5.74) is -0.567. The van der Waals surface area contributed by atoms with Gasteiger partial charge in [0.1, 0.15) is 5.82 Å². The fourth-order valence-electron chi connectivity index (χ4n) is 1.85.